The molecule has 158 valence electrons. The van der Waals surface area contributed by atoms with E-state index >= 15 is 0 Å². The molecule has 9 heteroatoms. The summed E-state index contributed by atoms with van der Waals surface area (Å²) in [5.41, 5.74) is 2.09. The van der Waals surface area contributed by atoms with Crippen LogP contribution in [0.5, 0.6) is 5.75 Å². The third-order valence-corrected chi connectivity index (χ3v) is 5.05. The molecule has 1 atom stereocenters. The second kappa shape index (κ2) is 9.91. The van der Waals surface area contributed by atoms with Crippen molar-refractivity contribution < 1.29 is 22.5 Å². The molecule has 30 heavy (non-hydrogen) atoms. The lowest BCUT2D eigenvalue weighted by Crippen LogP contribution is -2.28. The SMILES string of the molecule is CCOc1ccc(C)cc1C(C)NC(=O)/C(C#N)=C\Nc1ccc(S(=O)(=O)O)cc1. The van der Waals surface area contributed by atoms with Crippen LogP contribution in [-0.2, 0) is 14.9 Å². The van der Waals surface area contributed by atoms with Gasteiger partial charge < -0.3 is 15.4 Å². The van der Waals surface area contributed by atoms with Crippen molar-refractivity contribution in [1.82, 2.24) is 5.32 Å². The maximum Gasteiger partial charge on any atom is 0.294 e. The zero-order valence-electron chi connectivity index (χ0n) is 16.8. The molecular formula is C21H23N3O5S. The predicted molar refractivity (Wildman–Crippen MR) is 112 cm³/mol. The average Bonchev–Trinajstić information content (AvgIpc) is 2.69. The van der Waals surface area contributed by atoms with Gasteiger partial charge in [0, 0.05) is 17.5 Å². The number of aryl methyl sites for hydroxylation is 1. The minimum Gasteiger partial charge on any atom is -0.494 e. The molecule has 0 bridgehead atoms. The van der Waals surface area contributed by atoms with Gasteiger partial charge in [0.1, 0.15) is 17.4 Å². The number of anilines is 1. The van der Waals surface area contributed by atoms with Crippen molar-refractivity contribution in [2.24, 2.45) is 0 Å². The van der Waals surface area contributed by atoms with Crippen LogP contribution in [0.3, 0.4) is 0 Å². The first-order valence-corrected chi connectivity index (χ1v) is 10.6. The Bertz CT molecular complexity index is 1090. The molecular weight excluding hydrogens is 406 g/mol. The lowest BCUT2D eigenvalue weighted by molar-refractivity contribution is -0.117. The molecule has 1 amide bonds. The van der Waals surface area contributed by atoms with Crippen LogP contribution < -0.4 is 15.4 Å². The summed E-state index contributed by atoms with van der Waals surface area (Å²) < 4.78 is 36.7. The summed E-state index contributed by atoms with van der Waals surface area (Å²) >= 11 is 0. The van der Waals surface area contributed by atoms with Crippen LogP contribution in [-0.4, -0.2) is 25.5 Å². The van der Waals surface area contributed by atoms with Crippen LogP contribution in [0.2, 0.25) is 0 Å². The lowest BCUT2D eigenvalue weighted by Gasteiger charge is -2.18. The van der Waals surface area contributed by atoms with E-state index in [2.05, 4.69) is 10.6 Å². The molecule has 3 N–H and O–H groups in total. The molecule has 0 radical (unpaired) electrons. The van der Waals surface area contributed by atoms with Crippen molar-refractivity contribution in [3.05, 3.63) is 65.4 Å². The molecule has 0 aromatic heterocycles. The van der Waals surface area contributed by atoms with Gasteiger partial charge in [0.2, 0.25) is 0 Å². The van der Waals surface area contributed by atoms with E-state index in [1.807, 2.05) is 38.1 Å². The number of carbonyl (C=O) groups excluding carboxylic acids is 1. The van der Waals surface area contributed by atoms with E-state index in [1.54, 1.807) is 6.92 Å². The number of hydrogen-bond acceptors (Lipinski definition) is 6. The Morgan fingerprint density at radius 3 is 2.50 bits per heavy atom. The standard InChI is InChI=1S/C21H23N3O5S/c1-4-29-20-10-5-14(2)11-19(20)15(3)24-21(25)16(12-22)13-23-17-6-8-18(9-7-17)30(26,27)28/h5-11,13,15,23H,4H2,1-3H3,(H,24,25)(H,26,27,28)/b16-13-. The van der Waals surface area contributed by atoms with Gasteiger partial charge >= 0.3 is 0 Å². The number of carbonyl (C=O) groups is 1. The Balaban J connectivity index is 2.13. The predicted octanol–water partition coefficient (Wildman–Crippen LogP) is 3.34. The summed E-state index contributed by atoms with van der Waals surface area (Å²) in [5.74, 6) is 0.0893. The zero-order valence-corrected chi connectivity index (χ0v) is 17.7. The van der Waals surface area contributed by atoms with Gasteiger partial charge in [0.25, 0.3) is 16.0 Å². The highest BCUT2D eigenvalue weighted by Gasteiger charge is 2.17. The topological polar surface area (TPSA) is 129 Å². The van der Waals surface area contributed by atoms with Crippen molar-refractivity contribution in [2.45, 2.75) is 31.7 Å². The molecule has 0 fully saturated rings. The summed E-state index contributed by atoms with van der Waals surface area (Å²) in [6.45, 7) is 6.09. The van der Waals surface area contributed by atoms with Crippen LogP contribution in [0.15, 0.2) is 59.1 Å². The molecule has 0 aliphatic heterocycles. The Hall–Kier alpha value is -3.35. The van der Waals surface area contributed by atoms with Gasteiger partial charge in [-0.15, -0.1) is 0 Å². The van der Waals surface area contributed by atoms with Gasteiger partial charge in [-0.3, -0.25) is 9.35 Å². The van der Waals surface area contributed by atoms with Crippen molar-refractivity contribution >= 4 is 21.7 Å². The number of nitrogens with one attached hydrogen (secondary N) is 2. The number of benzene rings is 2. The highest BCUT2D eigenvalue weighted by Crippen LogP contribution is 2.26. The fraction of sp³-hybridized carbons (Fsp3) is 0.238. The van der Waals surface area contributed by atoms with Gasteiger partial charge in [-0.05, 0) is 51.1 Å². The molecule has 0 spiro atoms. The zero-order chi connectivity index (χ0) is 22.3. The fourth-order valence-corrected chi connectivity index (χ4v) is 3.15. The second-order valence-electron chi connectivity index (χ2n) is 6.48. The summed E-state index contributed by atoms with van der Waals surface area (Å²) in [5, 5.41) is 14.9. The van der Waals surface area contributed by atoms with E-state index in [0.29, 0.717) is 18.0 Å². The Morgan fingerprint density at radius 2 is 1.93 bits per heavy atom. The quantitative estimate of drug-likeness (QED) is 0.333. The van der Waals surface area contributed by atoms with Gasteiger partial charge in [-0.2, -0.15) is 13.7 Å². The van der Waals surface area contributed by atoms with Crippen molar-refractivity contribution in [3.8, 4) is 11.8 Å². The molecule has 0 aliphatic carbocycles. The normalized spacial score (nSPS) is 12.6. The number of nitrogens with zero attached hydrogens (tertiary/aromatic N) is 1. The number of hydrogen-bond donors (Lipinski definition) is 3. The Kier molecular flexibility index (Phi) is 7.58. The summed E-state index contributed by atoms with van der Waals surface area (Å²) in [6, 6.07) is 12.3. The molecule has 2 rings (SSSR count). The molecule has 0 saturated carbocycles. The third-order valence-electron chi connectivity index (χ3n) is 4.18. The van der Waals surface area contributed by atoms with Gasteiger partial charge in [-0.25, -0.2) is 0 Å². The molecule has 0 saturated heterocycles. The number of nitriles is 1. The van der Waals surface area contributed by atoms with Gasteiger partial charge in [0.05, 0.1) is 17.5 Å². The first kappa shape index (κ1) is 22.9. The Labute approximate surface area is 175 Å². The van der Waals surface area contributed by atoms with E-state index in [0.717, 1.165) is 11.1 Å². The average molecular weight is 429 g/mol. The summed E-state index contributed by atoms with van der Waals surface area (Å²) in [4.78, 5) is 12.3. The highest BCUT2D eigenvalue weighted by molar-refractivity contribution is 7.85. The first-order chi connectivity index (χ1) is 14.2. The van der Waals surface area contributed by atoms with E-state index in [4.69, 9.17) is 9.29 Å². The van der Waals surface area contributed by atoms with Crippen LogP contribution in [0.25, 0.3) is 0 Å². The van der Waals surface area contributed by atoms with Crippen LogP contribution in [0, 0.1) is 18.3 Å². The molecule has 0 heterocycles. The first-order valence-electron chi connectivity index (χ1n) is 9.14. The van der Waals surface area contributed by atoms with Gasteiger partial charge in [0.15, 0.2) is 0 Å². The van der Waals surface area contributed by atoms with E-state index in [1.165, 1.54) is 30.5 Å². The minimum absolute atomic E-state index is 0.161. The maximum atomic E-state index is 12.5. The number of ether oxygens (including phenoxy) is 1. The van der Waals surface area contributed by atoms with Crippen LogP contribution in [0.4, 0.5) is 5.69 Å². The largest absolute Gasteiger partial charge is 0.494 e. The fourth-order valence-electron chi connectivity index (χ4n) is 2.67. The van der Waals surface area contributed by atoms with Crippen molar-refractivity contribution in [1.29, 1.82) is 5.26 Å². The number of amides is 1. The van der Waals surface area contributed by atoms with E-state index in [9.17, 15) is 18.5 Å². The van der Waals surface area contributed by atoms with Crippen molar-refractivity contribution in [2.75, 3.05) is 11.9 Å². The molecule has 2 aromatic rings. The van der Waals surface area contributed by atoms with Crippen molar-refractivity contribution in [3.63, 3.8) is 0 Å². The highest BCUT2D eigenvalue weighted by atomic mass is 32.2. The second-order valence-corrected chi connectivity index (χ2v) is 7.90. The maximum absolute atomic E-state index is 12.5. The molecule has 0 aliphatic rings. The smallest absolute Gasteiger partial charge is 0.294 e. The van der Waals surface area contributed by atoms with E-state index < -0.39 is 22.1 Å². The lowest BCUT2D eigenvalue weighted by atomic mass is 10.0. The molecule has 2 aromatic carbocycles. The van der Waals surface area contributed by atoms with Crippen LogP contribution in [0.1, 0.15) is 31.0 Å². The summed E-state index contributed by atoms with van der Waals surface area (Å²) in [7, 11) is -4.29. The minimum atomic E-state index is -4.29. The van der Waals surface area contributed by atoms with E-state index in [-0.39, 0.29) is 10.5 Å². The number of rotatable bonds is 8. The third kappa shape index (κ3) is 6.07. The Morgan fingerprint density at radius 1 is 1.27 bits per heavy atom. The molecule has 8 nitrogen and oxygen atoms in total. The summed E-state index contributed by atoms with van der Waals surface area (Å²) in [6.07, 6.45) is 1.23. The van der Waals surface area contributed by atoms with Gasteiger partial charge in [-0.1, -0.05) is 17.7 Å². The monoisotopic (exact) mass is 429 g/mol. The molecule has 1 unspecified atom stereocenters. The van der Waals surface area contributed by atoms with Crippen LogP contribution >= 0.6 is 0 Å².